The highest BCUT2D eigenvalue weighted by Gasteiger charge is 2.23. The van der Waals surface area contributed by atoms with Gasteiger partial charge in [-0.25, -0.2) is 4.79 Å². The van der Waals surface area contributed by atoms with E-state index in [9.17, 15) is 9.59 Å². The Morgan fingerprint density at radius 2 is 1.80 bits per heavy atom. The number of anilines is 1. The summed E-state index contributed by atoms with van der Waals surface area (Å²) < 4.78 is 0. The highest BCUT2D eigenvalue weighted by molar-refractivity contribution is 5.77. The van der Waals surface area contributed by atoms with Crippen LogP contribution in [-0.4, -0.2) is 56.6 Å². The predicted octanol–water partition coefficient (Wildman–Crippen LogP) is 2.00. The summed E-state index contributed by atoms with van der Waals surface area (Å²) in [5.74, 6) is 0.0909. The van der Waals surface area contributed by atoms with E-state index in [-0.39, 0.29) is 18.0 Å². The minimum absolute atomic E-state index is 0.00607. The van der Waals surface area contributed by atoms with Crippen molar-refractivity contribution in [2.24, 2.45) is 0 Å². The maximum atomic E-state index is 12.2. The van der Waals surface area contributed by atoms with E-state index in [0.717, 1.165) is 24.9 Å². The number of hydrogen-bond acceptors (Lipinski definition) is 3. The maximum absolute atomic E-state index is 12.2. The van der Waals surface area contributed by atoms with Gasteiger partial charge in [-0.3, -0.25) is 4.79 Å². The molecule has 1 fully saturated rings. The number of carbonyl (C=O) groups is 2. The van der Waals surface area contributed by atoms with Crippen LogP contribution in [0.15, 0.2) is 24.3 Å². The van der Waals surface area contributed by atoms with E-state index in [1.54, 1.807) is 0 Å². The molecule has 1 aromatic carbocycles. The molecule has 0 bridgehead atoms. The molecule has 2 rings (SSSR count). The molecule has 0 saturated carbocycles. The Kier molecular flexibility index (Phi) is 7.10. The fourth-order valence-corrected chi connectivity index (χ4v) is 3.01. The Hall–Kier alpha value is -2.24. The third-order valence-corrected chi connectivity index (χ3v) is 4.57. The first kappa shape index (κ1) is 19.1. The Morgan fingerprint density at radius 3 is 2.36 bits per heavy atom. The number of nitrogens with zero attached hydrogens (tertiary/aromatic N) is 2. The molecule has 0 aliphatic carbocycles. The van der Waals surface area contributed by atoms with E-state index < -0.39 is 0 Å². The molecule has 1 heterocycles. The van der Waals surface area contributed by atoms with E-state index in [1.807, 2.05) is 25.9 Å². The van der Waals surface area contributed by atoms with Crippen molar-refractivity contribution >= 4 is 17.6 Å². The summed E-state index contributed by atoms with van der Waals surface area (Å²) in [6.07, 6.45) is 2.88. The fourth-order valence-electron chi connectivity index (χ4n) is 3.01. The quantitative estimate of drug-likeness (QED) is 0.828. The van der Waals surface area contributed by atoms with Crippen molar-refractivity contribution in [3.63, 3.8) is 0 Å². The Labute approximate surface area is 150 Å². The first-order valence-corrected chi connectivity index (χ1v) is 9.08. The van der Waals surface area contributed by atoms with E-state index in [4.69, 9.17) is 0 Å². The zero-order valence-corrected chi connectivity index (χ0v) is 15.5. The molecule has 0 atom stereocenters. The third-order valence-electron chi connectivity index (χ3n) is 4.57. The number of likely N-dealkylation sites (tertiary alicyclic amines) is 1. The van der Waals surface area contributed by atoms with Crippen molar-refractivity contribution in [3.05, 3.63) is 29.8 Å². The number of hydrogen-bond donors (Lipinski definition) is 2. The minimum Gasteiger partial charge on any atom is -0.378 e. The normalized spacial score (nSPS) is 14.9. The predicted molar refractivity (Wildman–Crippen MR) is 101 cm³/mol. The average Bonchev–Trinajstić information content (AvgIpc) is 2.61. The van der Waals surface area contributed by atoms with Crippen molar-refractivity contribution in [2.75, 3.05) is 38.6 Å². The van der Waals surface area contributed by atoms with E-state index in [0.29, 0.717) is 26.1 Å². The number of aryl methyl sites for hydroxylation is 1. The van der Waals surface area contributed by atoms with Crippen molar-refractivity contribution in [1.82, 2.24) is 15.5 Å². The van der Waals surface area contributed by atoms with E-state index >= 15 is 0 Å². The summed E-state index contributed by atoms with van der Waals surface area (Å²) in [6, 6.07) is 8.47. The highest BCUT2D eigenvalue weighted by Crippen LogP contribution is 2.14. The Bertz CT molecular complexity index is 563. The lowest BCUT2D eigenvalue weighted by atomic mass is 10.0. The number of piperidine rings is 1. The van der Waals surface area contributed by atoms with E-state index in [2.05, 4.69) is 39.8 Å². The molecule has 1 saturated heterocycles. The standard InChI is InChI=1S/C19H30N4O2/c1-4-20-19(25)23-13-11-16(12-14-23)21-18(24)10-7-15-5-8-17(9-6-15)22(2)3/h5-6,8-9,16H,4,7,10-14H2,1-3H3,(H,20,25)(H,21,24). The van der Waals surface area contributed by atoms with Crippen molar-refractivity contribution < 1.29 is 9.59 Å². The largest absolute Gasteiger partial charge is 0.378 e. The van der Waals surface area contributed by atoms with Crippen molar-refractivity contribution in [2.45, 2.75) is 38.6 Å². The smallest absolute Gasteiger partial charge is 0.317 e. The monoisotopic (exact) mass is 346 g/mol. The van der Waals surface area contributed by atoms with Gasteiger partial charge in [0.1, 0.15) is 0 Å². The van der Waals surface area contributed by atoms with Gasteiger partial charge in [0, 0.05) is 51.9 Å². The SMILES string of the molecule is CCNC(=O)N1CCC(NC(=O)CCc2ccc(N(C)C)cc2)CC1. The van der Waals surface area contributed by atoms with Gasteiger partial charge in [-0.05, 0) is 43.9 Å². The van der Waals surface area contributed by atoms with Crippen LogP contribution in [0.1, 0.15) is 31.7 Å². The van der Waals surface area contributed by atoms with Crippen LogP contribution in [0.4, 0.5) is 10.5 Å². The number of urea groups is 1. The van der Waals surface area contributed by atoms with Gasteiger partial charge in [-0.15, -0.1) is 0 Å². The second kappa shape index (κ2) is 9.30. The van der Waals surface area contributed by atoms with Crippen LogP contribution >= 0.6 is 0 Å². The average molecular weight is 346 g/mol. The van der Waals surface area contributed by atoms with Gasteiger partial charge in [-0.1, -0.05) is 12.1 Å². The van der Waals surface area contributed by atoms with Crippen LogP contribution in [0.3, 0.4) is 0 Å². The second-order valence-corrected chi connectivity index (χ2v) is 6.73. The van der Waals surface area contributed by atoms with Gasteiger partial charge in [0.2, 0.25) is 5.91 Å². The third kappa shape index (κ3) is 5.96. The van der Waals surface area contributed by atoms with Crippen LogP contribution in [0.5, 0.6) is 0 Å². The molecule has 0 unspecified atom stereocenters. The van der Waals surface area contributed by atoms with Crippen LogP contribution in [-0.2, 0) is 11.2 Å². The van der Waals surface area contributed by atoms with Gasteiger partial charge in [0.05, 0.1) is 0 Å². The van der Waals surface area contributed by atoms with Crippen LogP contribution in [0, 0.1) is 0 Å². The lowest BCUT2D eigenvalue weighted by molar-refractivity contribution is -0.122. The molecule has 0 spiro atoms. The van der Waals surface area contributed by atoms with E-state index in [1.165, 1.54) is 5.56 Å². The molecule has 6 heteroatoms. The highest BCUT2D eigenvalue weighted by atomic mass is 16.2. The molecular weight excluding hydrogens is 316 g/mol. The number of amides is 3. The molecule has 0 aromatic heterocycles. The molecule has 138 valence electrons. The number of nitrogens with one attached hydrogen (secondary N) is 2. The Morgan fingerprint density at radius 1 is 1.16 bits per heavy atom. The zero-order valence-electron chi connectivity index (χ0n) is 15.5. The first-order valence-electron chi connectivity index (χ1n) is 9.08. The summed E-state index contributed by atoms with van der Waals surface area (Å²) in [7, 11) is 4.03. The maximum Gasteiger partial charge on any atom is 0.317 e. The Balaban J connectivity index is 1.70. The summed E-state index contributed by atoms with van der Waals surface area (Å²) in [4.78, 5) is 27.8. The molecule has 0 radical (unpaired) electrons. The molecule has 25 heavy (non-hydrogen) atoms. The molecule has 3 amide bonds. The summed E-state index contributed by atoms with van der Waals surface area (Å²) in [5.41, 5.74) is 2.33. The van der Waals surface area contributed by atoms with Gasteiger partial charge in [0.15, 0.2) is 0 Å². The van der Waals surface area contributed by atoms with Crippen LogP contribution in [0.2, 0.25) is 0 Å². The lowest BCUT2D eigenvalue weighted by Gasteiger charge is -2.32. The fraction of sp³-hybridized carbons (Fsp3) is 0.579. The molecular formula is C19H30N4O2. The van der Waals surface area contributed by atoms with Crippen molar-refractivity contribution in [3.8, 4) is 0 Å². The lowest BCUT2D eigenvalue weighted by Crippen LogP contribution is -2.49. The number of rotatable bonds is 6. The minimum atomic E-state index is -0.00607. The molecule has 6 nitrogen and oxygen atoms in total. The van der Waals surface area contributed by atoms with Gasteiger partial charge in [0.25, 0.3) is 0 Å². The van der Waals surface area contributed by atoms with Gasteiger partial charge in [-0.2, -0.15) is 0 Å². The van der Waals surface area contributed by atoms with Crippen LogP contribution < -0.4 is 15.5 Å². The number of carbonyl (C=O) groups excluding carboxylic acids is 2. The number of benzene rings is 1. The van der Waals surface area contributed by atoms with Crippen LogP contribution in [0.25, 0.3) is 0 Å². The van der Waals surface area contributed by atoms with Gasteiger partial charge >= 0.3 is 6.03 Å². The molecule has 1 aromatic rings. The zero-order chi connectivity index (χ0) is 18.2. The summed E-state index contributed by atoms with van der Waals surface area (Å²) in [5, 5.41) is 5.92. The molecule has 2 N–H and O–H groups in total. The summed E-state index contributed by atoms with van der Waals surface area (Å²) in [6.45, 7) is 3.95. The summed E-state index contributed by atoms with van der Waals surface area (Å²) >= 11 is 0. The van der Waals surface area contributed by atoms with Gasteiger partial charge < -0.3 is 20.4 Å². The van der Waals surface area contributed by atoms with Crippen molar-refractivity contribution in [1.29, 1.82) is 0 Å². The molecule has 1 aliphatic rings. The first-order chi connectivity index (χ1) is 12.0. The molecule has 1 aliphatic heterocycles. The topological polar surface area (TPSA) is 64.7 Å². The second-order valence-electron chi connectivity index (χ2n) is 6.73.